The fourth-order valence-corrected chi connectivity index (χ4v) is 1.27. The minimum absolute atomic E-state index is 0.192. The molecular formula is C10H10N4O. The lowest BCUT2D eigenvalue weighted by Gasteiger charge is -2.01. The molecule has 0 aliphatic carbocycles. The molecular weight excluding hydrogens is 192 g/mol. The maximum absolute atomic E-state index is 11.2. The van der Waals surface area contributed by atoms with E-state index in [0.29, 0.717) is 11.5 Å². The summed E-state index contributed by atoms with van der Waals surface area (Å²) in [6.07, 6.45) is 0. The number of aromatic nitrogens is 3. The molecule has 0 saturated carbocycles. The molecule has 0 amide bonds. The van der Waals surface area contributed by atoms with Gasteiger partial charge in [0.05, 0.1) is 0 Å². The molecule has 0 aliphatic heterocycles. The fraction of sp³-hybridized carbons (Fsp3) is 0.100. The molecule has 2 aromatic heterocycles. The van der Waals surface area contributed by atoms with Crippen molar-refractivity contribution in [2.75, 3.05) is 5.73 Å². The lowest BCUT2D eigenvalue weighted by atomic mass is 10.3. The molecule has 0 bridgehead atoms. The number of anilines is 1. The molecule has 76 valence electrons. The Kier molecular flexibility index (Phi) is 2.21. The van der Waals surface area contributed by atoms with E-state index in [4.69, 9.17) is 5.73 Å². The molecule has 5 nitrogen and oxygen atoms in total. The predicted octanol–water partition coefficient (Wildman–Crippen LogP) is 0.723. The van der Waals surface area contributed by atoms with Crippen LogP contribution in [0.25, 0.3) is 11.5 Å². The van der Waals surface area contributed by atoms with Gasteiger partial charge in [-0.3, -0.25) is 4.79 Å². The largest absolute Gasteiger partial charge is 0.383 e. The molecule has 0 spiro atoms. The Morgan fingerprint density at radius 1 is 1.33 bits per heavy atom. The summed E-state index contributed by atoms with van der Waals surface area (Å²) in [6, 6.07) is 6.72. The van der Waals surface area contributed by atoms with Crippen molar-refractivity contribution < 1.29 is 0 Å². The van der Waals surface area contributed by atoms with E-state index in [-0.39, 0.29) is 11.4 Å². The minimum Gasteiger partial charge on any atom is -0.383 e. The van der Waals surface area contributed by atoms with Gasteiger partial charge in [-0.1, -0.05) is 6.07 Å². The highest BCUT2D eigenvalue weighted by Gasteiger charge is 2.03. The number of nitrogens with zero attached hydrogens (tertiary/aromatic N) is 2. The molecule has 2 aromatic rings. The van der Waals surface area contributed by atoms with E-state index in [1.165, 1.54) is 6.07 Å². The Bertz CT molecular complexity index is 547. The SMILES string of the molecule is Cc1cccc(-c2nc(N)cc(=O)[nH]2)n1. The van der Waals surface area contributed by atoms with Crippen molar-refractivity contribution >= 4 is 5.82 Å². The second-order valence-electron chi connectivity index (χ2n) is 3.18. The number of hydrogen-bond donors (Lipinski definition) is 2. The summed E-state index contributed by atoms with van der Waals surface area (Å²) in [6.45, 7) is 1.87. The van der Waals surface area contributed by atoms with Crippen LogP contribution in [0.2, 0.25) is 0 Å². The second-order valence-corrected chi connectivity index (χ2v) is 3.18. The average Bonchev–Trinajstić information content (AvgIpc) is 2.16. The Labute approximate surface area is 86.0 Å². The first-order chi connectivity index (χ1) is 7.15. The van der Waals surface area contributed by atoms with Crippen LogP contribution in [0.4, 0.5) is 5.82 Å². The van der Waals surface area contributed by atoms with E-state index in [9.17, 15) is 4.79 Å². The molecule has 0 saturated heterocycles. The molecule has 0 aromatic carbocycles. The Morgan fingerprint density at radius 3 is 2.80 bits per heavy atom. The van der Waals surface area contributed by atoms with Gasteiger partial charge in [-0.2, -0.15) is 0 Å². The van der Waals surface area contributed by atoms with Crippen molar-refractivity contribution in [3.63, 3.8) is 0 Å². The smallest absolute Gasteiger partial charge is 0.253 e. The van der Waals surface area contributed by atoms with Gasteiger partial charge in [0.25, 0.3) is 5.56 Å². The third-order valence-electron chi connectivity index (χ3n) is 1.89. The van der Waals surface area contributed by atoms with Gasteiger partial charge in [-0.25, -0.2) is 9.97 Å². The lowest BCUT2D eigenvalue weighted by Crippen LogP contribution is -2.10. The Hall–Kier alpha value is -2.17. The molecule has 0 fully saturated rings. The molecule has 15 heavy (non-hydrogen) atoms. The summed E-state index contributed by atoms with van der Waals surface area (Å²) < 4.78 is 0. The molecule has 0 radical (unpaired) electrons. The molecule has 2 heterocycles. The summed E-state index contributed by atoms with van der Waals surface area (Å²) >= 11 is 0. The number of nitrogens with one attached hydrogen (secondary N) is 1. The topological polar surface area (TPSA) is 84.7 Å². The first-order valence-corrected chi connectivity index (χ1v) is 4.46. The van der Waals surface area contributed by atoms with E-state index in [0.717, 1.165) is 5.69 Å². The Balaban J connectivity index is 2.59. The number of rotatable bonds is 1. The highest BCUT2D eigenvalue weighted by Crippen LogP contribution is 2.11. The lowest BCUT2D eigenvalue weighted by molar-refractivity contribution is 1.09. The van der Waals surface area contributed by atoms with Gasteiger partial charge in [0, 0.05) is 11.8 Å². The third kappa shape index (κ3) is 2.01. The van der Waals surface area contributed by atoms with Crippen molar-refractivity contribution in [3.05, 3.63) is 40.3 Å². The first kappa shape index (κ1) is 9.39. The van der Waals surface area contributed by atoms with Gasteiger partial charge in [-0.05, 0) is 19.1 Å². The van der Waals surface area contributed by atoms with Crippen LogP contribution in [0.1, 0.15) is 5.69 Å². The van der Waals surface area contributed by atoms with E-state index in [1.54, 1.807) is 6.07 Å². The van der Waals surface area contributed by atoms with E-state index in [1.807, 2.05) is 19.1 Å². The van der Waals surface area contributed by atoms with Crippen molar-refractivity contribution in [1.82, 2.24) is 15.0 Å². The zero-order valence-corrected chi connectivity index (χ0v) is 8.19. The number of aryl methyl sites for hydroxylation is 1. The number of aromatic amines is 1. The van der Waals surface area contributed by atoms with E-state index < -0.39 is 0 Å². The van der Waals surface area contributed by atoms with Crippen LogP contribution in [0.5, 0.6) is 0 Å². The monoisotopic (exact) mass is 202 g/mol. The van der Waals surface area contributed by atoms with Crippen molar-refractivity contribution in [2.24, 2.45) is 0 Å². The summed E-state index contributed by atoms with van der Waals surface area (Å²) in [5, 5.41) is 0. The predicted molar refractivity (Wildman–Crippen MR) is 57.2 cm³/mol. The normalized spacial score (nSPS) is 10.2. The van der Waals surface area contributed by atoms with Crippen LogP contribution in [0.3, 0.4) is 0 Å². The van der Waals surface area contributed by atoms with E-state index >= 15 is 0 Å². The number of pyridine rings is 1. The van der Waals surface area contributed by atoms with Crippen molar-refractivity contribution in [2.45, 2.75) is 6.92 Å². The minimum atomic E-state index is -0.277. The third-order valence-corrected chi connectivity index (χ3v) is 1.89. The summed E-state index contributed by atoms with van der Waals surface area (Å²) in [5.74, 6) is 0.584. The van der Waals surface area contributed by atoms with Gasteiger partial charge < -0.3 is 10.7 Å². The van der Waals surface area contributed by atoms with Crippen LogP contribution >= 0.6 is 0 Å². The molecule has 0 aliphatic rings. The van der Waals surface area contributed by atoms with Gasteiger partial charge in [0.15, 0.2) is 5.82 Å². The van der Waals surface area contributed by atoms with Crippen molar-refractivity contribution in [3.8, 4) is 11.5 Å². The van der Waals surface area contributed by atoms with Gasteiger partial charge in [-0.15, -0.1) is 0 Å². The molecule has 5 heteroatoms. The quantitative estimate of drug-likeness (QED) is 0.713. The highest BCUT2D eigenvalue weighted by atomic mass is 16.1. The van der Waals surface area contributed by atoms with Gasteiger partial charge in [0.2, 0.25) is 0 Å². The zero-order valence-electron chi connectivity index (χ0n) is 8.19. The summed E-state index contributed by atoms with van der Waals surface area (Å²) in [5.41, 5.74) is 6.67. The van der Waals surface area contributed by atoms with E-state index in [2.05, 4.69) is 15.0 Å². The first-order valence-electron chi connectivity index (χ1n) is 4.46. The maximum Gasteiger partial charge on any atom is 0.253 e. The zero-order chi connectivity index (χ0) is 10.8. The summed E-state index contributed by atoms with van der Waals surface area (Å²) in [4.78, 5) is 22.0. The van der Waals surface area contributed by atoms with Crippen LogP contribution in [-0.4, -0.2) is 15.0 Å². The van der Waals surface area contributed by atoms with Gasteiger partial charge >= 0.3 is 0 Å². The standard InChI is InChI=1S/C10H10N4O/c1-6-3-2-4-7(12-6)10-13-8(11)5-9(15)14-10/h2-5H,1H3,(H3,11,13,14,15). The van der Waals surface area contributed by atoms with Crippen LogP contribution < -0.4 is 11.3 Å². The van der Waals surface area contributed by atoms with Gasteiger partial charge in [0.1, 0.15) is 11.5 Å². The molecule has 0 atom stereocenters. The fourth-order valence-electron chi connectivity index (χ4n) is 1.27. The summed E-state index contributed by atoms with van der Waals surface area (Å²) in [7, 11) is 0. The number of nitrogens with two attached hydrogens (primary N) is 1. The molecule has 0 unspecified atom stereocenters. The molecule has 2 rings (SSSR count). The highest BCUT2D eigenvalue weighted by molar-refractivity contribution is 5.51. The van der Waals surface area contributed by atoms with Crippen LogP contribution in [0, 0.1) is 6.92 Å². The van der Waals surface area contributed by atoms with Crippen LogP contribution in [-0.2, 0) is 0 Å². The van der Waals surface area contributed by atoms with Crippen molar-refractivity contribution in [1.29, 1.82) is 0 Å². The molecule has 3 N–H and O–H groups in total. The number of hydrogen-bond acceptors (Lipinski definition) is 4. The number of H-pyrrole nitrogens is 1. The van der Waals surface area contributed by atoms with Crippen LogP contribution in [0.15, 0.2) is 29.1 Å². The second kappa shape index (κ2) is 3.53. The Morgan fingerprint density at radius 2 is 2.13 bits per heavy atom. The number of nitrogen functional groups attached to an aromatic ring is 1. The maximum atomic E-state index is 11.2. The average molecular weight is 202 g/mol.